The first-order valence-corrected chi connectivity index (χ1v) is 6.79. The van der Waals surface area contributed by atoms with E-state index in [4.69, 9.17) is 4.74 Å². The average molecular weight is 292 g/mol. The molecule has 0 unspecified atom stereocenters. The van der Waals surface area contributed by atoms with Crippen LogP contribution in [0, 0.1) is 16.0 Å². The van der Waals surface area contributed by atoms with Crippen LogP contribution in [-0.2, 0) is 0 Å². The van der Waals surface area contributed by atoms with E-state index in [0.29, 0.717) is 0 Å². The van der Waals surface area contributed by atoms with E-state index in [-0.39, 0.29) is 41.9 Å². The predicted molar refractivity (Wildman–Crippen MR) is 73.2 cm³/mol. The summed E-state index contributed by atoms with van der Waals surface area (Å²) in [6.07, 6.45) is 2.00. The smallest absolute Gasteiger partial charge is 0.311 e. The largest absolute Gasteiger partial charge is 0.490 e. The fourth-order valence-electron chi connectivity index (χ4n) is 2.86. The maximum absolute atomic E-state index is 12.4. The number of nitrogens with zero attached hydrogens (tertiary/aromatic N) is 2. The van der Waals surface area contributed by atoms with Crippen molar-refractivity contribution in [1.29, 1.82) is 0 Å². The second-order valence-electron chi connectivity index (χ2n) is 5.65. The van der Waals surface area contributed by atoms with Crippen LogP contribution in [0.4, 0.5) is 5.69 Å². The first kappa shape index (κ1) is 13.8. The number of methoxy groups -OCH3 is 1. The van der Waals surface area contributed by atoms with Crippen molar-refractivity contribution in [3.8, 4) is 5.75 Å². The van der Waals surface area contributed by atoms with Crippen molar-refractivity contribution in [3.63, 3.8) is 0 Å². The van der Waals surface area contributed by atoms with Crippen LogP contribution < -0.4 is 4.74 Å². The molecule has 7 heteroatoms. The van der Waals surface area contributed by atoms with Crippen LogP contribution in [0.15, 0.2) is 18.2 Å². The minimum absolute atomic E-state index is 0.0330. The zero-order valence-corrected chi connectivity index (χ0v) is 11.6. The average Bonchev–Trinajstić information content (AvgIpc) is 3.26. The van der Waals surface area contributed by atoms with Crippen molar-refractivity contribution in [2.24, 2.45) is 5.92 Å². The molecular weight excluding hydrogens is 276 g/mol. The molecule has 21 heavy (non-hydrogen) atoms. The minimum atomic E-state index is -0.774. The number of benzene rings is 1. The second-order valence-corrected chi connectivity index (χ2v) is 5.65. The minimum Gasteiger partial charge on any atom is -0.490 e. The van der Waals surface area contributed by atoms with Gasteiger partial charge in [-0.3, -0.25) is 14.9 Å². The Hall–Kier alpha value is -2.15. The Balaban J connectivity index is 1.82. The van der Waals surface area contributed by atoms with Crippen LogP contribution in [0.1, 0.15) is 23.2 Å². The van der Waals surface area contributed by atoms with Gasteiger partial charge in [-0.15, -0.1) is 0 Å². The standard InChI is InChI=1S/C14H16N2O5/c1-21-12-10(3-2-4-11(12)16(19)20)13(17)15-7-14(18,8-15)9-5-6-9/h2-4,9,18H,5-8H2,1H3. The molecule has 1 saturated heterocycles. The highest BCUT2D eigenvalue weighted by atomic mass is 16.6. The van der Waals surface area contributed by atoms with Crippen molar-refractivity contribution in [3.05, 3.63) is 33.9 Å². The van der Waals surface area contributed by atoms with Crippen LogP contribution in [0.25, 0.3) is 0 Å². The van der Waals surface area contributed by atoms with Gasteiger partial charge in [0.1, 0.15) is 5.60 Å². The third-order valence-corrected chi connectivity index (χ3v) is 4.18. The number of aliphatic hydroxyl groups is 1. The molecule has 1 N–H and O–H groups in total. The Kier molecular flexibility index (Phi) is 3.09. The number of carbonyl (C=O) groups is 1. The summed E-state index contributed by atoms with van der Waals surface area (Å²) >= 11 is 0. The number of amides is 1. The molecule has 7 nitrogen and oxygen atoms in total. The molecule has 1 heterocycles. The fourth-order valence-corrected chi connectivity index (χ4v) is 2.86. The number of hydrogen-bond donors (Lipinski definition) is 1. The molecule has 1 aromatic carbocycles. The maximum atomic E-state index is 12.4. The number of likely N-dealkylation sites (tertiary alicyclic amines) is 1. The first-order chi connectivity index (χ1) is 9.96. The maximum Gasteiger partial charge on any atom is 0.311 e. The molecule has 1 aromatic rings. The van der Waals surface area contributed by atoms with Gasteiger partial charge in [-0.2, -0.15) is 0 Å². The number of ether oxygens (including phenoxy) is 1. The van der Waals surface area contributed by atoms with E-state index < -0.39 is 10.5 Å². The molecule has 112 valence electrons. The molecule has 1 aliphatic heterocycles. The monoisotopic (exact) mass is 292 g/mol. The van der Waals surface area contributed by atoms with Crippen LogP contribution in [0.5, 0.6) is 5.75 Å². The number of carbonyl (C=O) groups excluding carboxylic acids is 1. The van der Waals surface area contributed by atoms with Crippen LogP contribution >= 0.6 is 0 Å². The quantitative estimate of drug-likeness (QED) is 0.665. The molecule has 0 bridgehead atoms. The summed E-state index contributed by atoms with van der Waals surface area (Å²) in [5, 5.41) is 21.2. The number of para-hydroxylation sites is 1. The highest BCUT2D eigenvalue weighted by molar-refractivity contribution is 5.98. The van der Waals surface area contributed by atoms with Gasteiger partial charge in [-0.05, 0) is 24.8 Å². The molecule has 0 atom stereocenters. The molecule has 1 amide bonds. The Morgan fingerprint density at radius 2 is 2.14 bits per heavy atom. The zero-order chi connectivity index (χ0) is 15.2. The number of nitro groups is 1. The van der Waals surface area contributed by atoms with Crippen molar-refractivity contribution < 1.29 is 19.6 Å². The lowest BCUT2D eigenvalue weighted by molar-refractivity contribution is -0.385. The van der Waals surface area contributed by atoms with Crippen LogP contribution in [0.2, 0.25) is 0 Å². The summed E-state index contributed by atoms with van der Waals surface area (Å²) in [6.45, 7) is 0.560. The summed E-state index contributed by atoms with van der Waals surface area (Å²) in [4.78, 5) is 24.3. The fraction of sp³-hybridized carbons (Fsp3) is 0.500. The summed E-state index contributed by atoms with van der Waals surface area (Å²) in [5.74, 6) is -0.0937. The summed E-state index contributed by atoms with van der Waals surface area (Å²) in [7, 11) is 1.30. The van der Waals surface area contributed by atoms with E-state index in [1.54, 1.807) is 0 Å². The number of nitro benzene ring substituents is 1. The highest BCUT2D eigenvalue weighted by Crippen LogP contribution is 2.45. The molecular formula is C14H16N2O5. The van der Waals surface area contributed by atoms with Gasteiger partial charge < -0.3 is 14.7 Å². The Bertz CT molecular complexity index is 605. The lowest BCUT2D eigenvalue weighted by atomic mass is 9.88. The Morgan fingerprint density at radius 3 is 2.67 bits per heavy atom. The van der Waals surface area contributed by atoms with E-state index in [1.165, 1.54) is 30.2 Å². The Morgan fingerprint density at radius 1 is 1.48 bits per heavy atom. The molecule has 2 aliphatic rings. The molecule has 0 spiro atoms. The van der Waals surface area contributed by atoms with Crippen molar-refractivity contribution >= 4 is 11.6 Å². The van der Waals surface area contributed by atoms with Crippen LogP contribution in [-0.4, -0.2) is 46.6 Å². The summed E-state index contributed by atoms with van der Waals surface area (Å²) in [6, 6.07) is 4.26. The van der Waals surface area contributed by atoms with Gasteiger partial charge in [-0.1, -0.05) is 6.07 Å². The van der Waals surface area contributed by atoms with E-state index in [2.05, 4.69) is 0 Å². The van der Waals surface area contributed by atoms with Crippen LogP contribution in [0.3, 0.4) is 0 Å². The third-order valence-electron chi connectivity index (χ3n) is 4.18. The zero-order valence-electron chi connectivity index (χ0n) is 11.6. The van der Waals surface area contributed by atoms with Gasteiger partial charge in [0, 0.05) is 6.07 Å². The van der Waals surface area contributed by atoms with Gasteiger partial charge in [0.25, 0.3) is 5.91 Å². The molecule has 2 fully saturated rings. The number of β-amino-alcohol motifs (C(OH)–C–C–N with tert-alkyl or cyclic N) is 1. The first-order valence-electron chi connectivity index (χ1n) is 6.79. The molecule has 0 aromatic heterocycles. The van der Waals surface area contributed by atoms with Gasteiger partial charge in [-0.25, -0.2) is 0 Å². The molecule has 0 radical (unpaired) electrons. The van der Waals surface area contributed by atoms with E-state index >= 15 is 0 Å². The molecule has 1 aliphatic carbocycles. The van der Waals surface area contributed by atoms with Gasteiger partial charge >= 0.3 is 5.69 Å². The summed E-state index contributed by atoms with van der Waals surface area (Å²) in [5.41, 5.74) is -0.852. The number of rotatable bonds is 4. The topological polar surface area (TPSA) is 92.9 Å². The normalized spacial score (nSPS) is 19.8. The third kappa shape index (κ3) is 2.23. The second kappa shape index (κ2) is 4.70. The lowest BCUT2D eigenvalue weighted by Gasteiger charge is -2.47. The Labute approximate surface area is 121 Å². The van der Waals surface area contributed by atoms with E-state index in [9.17, 15) is 20.0 Å². The van der Waals surface area contributed by atoms with Crippen molar-refractivity contribution in [2.75, 3.05) is 20.2 Å². The summed E-state index contributed by atoms with van der Waals surface area (Å²) < 4.78 is 5.04. The van der Waals surface area contributed by atoms with E-state index in [0.717, 1.165) is 12.8 Å². The molecule has 3 rings (SSSR count). The number of hydrogen-bond acceptors (Lipinski definition) is 5. The van der Waals surface area contributed by atoms with E-state index in [1.807, 2.05) is 0 Å². The lowest BCUT2D eigenvalue weighted by Crippen LogP contribution is -2.64. The van der Waals surface area contributed by atoms with Gasteiger partial charge in [0.15, 0.2) is 0 Å². The highest BCUT2D eigenvalue weighted by Gasteiger charge is 2.53. The van der Waals surface area contributed by atoms with Gasteiger partial charge in [0.05, 0.1) is 30.7 Å². The van der Waals surface area contributed by atoms with Crippen molar-refractivity contribution in [2.45, 2.75) is 18.4 Å². The van der Waals surface area contributed by atoms with Crippen molar-refractivity contribution in [1.82, 2.24) is 4.90 Å². The molecule has 1 saturated carbocycles. The van der Waals surface area contributed by atoms with Gasteiger partial charge in [0.2, 0.25) is 5.75 Å². The predicted octanol–water partition coefficient (Wildman–Crippen LogP) is 1.20. The SMILES string of the molecule is COc1c(C(=O)N2CC(O)(C3CC3)C2)cccc1[N+](=O)[O-].